The van der Waals surface area contributed by atoms with Gasteiger partial charge in [-0.05, 0) is 26.0 Å². The van der Waals surface area contributed by atoms with Gasteiger partial charge >= 0.3 is 14.0 Å². The Balaban J connectivity index is 3.07. The Morgan fingerprint density at radius 2 is 1.63 bits per heavy atom. The van der Waals surface area contributed by atoms with E-state index in [1.165, 1.54) is 26.0 Å². The second-order valence-electron chi connectivity index (χ2n) is 3.37. The lowest BCUT2D eigenvalue weighted by Crippen LogP contribution is -2.09. The quantitative estimate of drug-likeness (QED) is 0.736. The molecule has 0 aliphatic heterocycles. The van der Waals surface area contributed by atoms with Crippen molar-refractivity contribution in [2.24, 2.45) is 0 Å². The molecule has 1 aromatic rings. The molecule has 0 atom stereocenters. The van der Waals surface area contributed by atoms with E-state index >= 15 is 0 Å². The second kappa shape index (κ2) is 6.41. The van der Waals surface area contributed by atoms with E-state index in [-0.39, 0.29) is 13.2 Å². The summed E-state index contributed by atoms with van der Waals surface area (Å²) in [5.41, 5.74) is -1.03. The van der Waals surface area contributed by atoms with E-state index in [4.69, 9.17) is 13.6 Å². The highest BCUT2D eigenvalue weighted by Crippen LogP contribution is 2.51. The maximum Gasteiger partial charge on any atom is 0.530 e. The monoisotopic (exact) mass is 298 g/mol. The van der Waals surface area contributed by atoms with E-state index in [1.54, 1.807) is 0 Å². The molecule has 0 radical (unpaired) electrons. The van der Waals surface area contributed by atoms with Crippen LogP contribution in [0, 0.1) is 0 Å². The van der Waals surface area contributed by atoms with Crippen LogP contribution in [0.1, 0.15) is 19.4 Å². The Kier molecular flexibility index (Phi) is 5.40. The Hall–Kier alpha value is -1.04. The molecule has 1 aromatic carbocycles. The normalized spacial score (nSPS) is 12.5. The molecule has 108 valence electrons. The van der Waals surface area contributed by atoms with Crippen LogP contribution in [0.3, 0.4) is 0 Å². The van der Waals surface area contributed by atoms with Crippen molar-refractivity contribution in [3.63, 3.8) is 0 Å². The molecular formula is C11H14F3O4P. The Morgan fingerprint density at radius 1 is 1.11 bits per heavy atom. The van der Waals surface area contributed by atoms with Crippen molar-refractivity contribution in [1.82, 2.24) is 0 Å². The SMILES string of the molecule is CCOP(=O)(OCC)Oc1ccccc1C(F)(F)F. The molecule has 0 fully saturated rings. The van der Waals surface area contributed by atoms with Gasteiger partial charge in [0.05, 0.1) is 18.8 Å². The van der Waals surface area contributed by atoms with Gasteiger partial charge in [-0.3, -0.25) is 9.05 Å². The van der Waals surface area contributed by atoms with Gasteiger partial charge in [0, 0.05) is 0 Å². The zero-order valence-corrected chi connectivity index (χ0v) is 11.3. The second-order valence-corrected chi connectivity index (χ2v) is 4.96. The predicted molar refractivity (Wildman–Crippen MR) is 62.9 cm³/mol. The fraction of sp³-hybridized carbons (Fsp3) is 0.455. The molecule has 8 heteroatoms. The molecule has 0 saturated carbocycles. The minimum Gasteiger partial charge on any atom is -0.403 e. The maximum atomic E-state index is 12.7. The van der Waals surface area contributed by atoms with Gasteiger partial charge in [0.1, 0.15) is 5.75 Å². The van der Waals surface area contributed by atoms with Crippen LogP contribution in [0.25, 0.3) is 0 Å². The molecule has 0 amide bonds. The minimum absolute atomic E-state index is 0.00847. The molecule has 0 bridgehead atoms. The molecule has 0 aliphatic carbocycles. The van der Waals surface area contributed by atoms with E-state index in [0.717, 1.165) is 12.1 Å². The number of alkyl halides is 3. The molecular weight excluding hydrogens is 284 g/mol. The zero-order chi connectivity index (χ0) is 14.5. The third-order valence-corrected chi connectivity index (χ3v) is 3.55. The highest BCUT2D eigenvalue weighted by atomic mass is 31.2. The molecule has 0 aromatic heterocycles. The van der Waals surface area contributed by atoms with Gasteiger partial charge in [-0.25, -0.2) is 4.57 Å². The summed E-state index contributed by atoms with van der Waals surface area (Å²) in [5, 5.41) is 0. The van der Waals surface area contributed by atoms with Crippen molar-refractivity contribution in [2.75, 3.05) is 13.2 Å². The first-order valence-electron chi connectivity index (χ1n) is 5.57. The first-order valence-corrected chi connectivity index (χ1v) is 7.03. The van der Waals surface area contributed by atoms with E-state index in [9.17, 15) is 17.7 Å². The smallest absolute Gasteiger partial charge is 0.403 e. The van der Waals surface area contributed by atoms with Crippen LogP contribution in [0.5, 0.6) is 5.75 Å². The van der Waals surface area contributed by atoms with Crippen molar-refractivity contribution in [3.05, 3.63) is 29.8 Å². The molecule has 4 nitrogen and oxygen atoms in total. The molecule has 0 unspecified atom stereocenters. The van der Waals surface area contributed by atoms with Crippen LogP contribution < -0.4 is 4.52 Å². The van der Waals surface area contributed by atoms with Crippen molar-refractivity contribution in [3.8, 4) is 5.75 Å². The van der Waals surface area contributed by atoms with E-state index in [0.29, 0.717) is 0 Å². The average molecular weight is 298 g/mol. The molecule has 1 rings (SSSR count). The van der Waals surface area contributed by atoms with Gasteiger partial charge in [-0.1, -0.05) is 12.1 Å². The highest BCUT2D eigenvalue weighted by molar-refractivity contribution is 7.48. The lowest BCUT2D eigenvalue weighted by molar-refractivity contribution is -0.138. The zero-order valence-electron chi connectivity index (χ0n) is 10.4. The number of hydrogen-bond acceptors (Lipinski definition) is 4. The third kappa shape index (κ3) is 4.53. The summed E-state index contributed by atoms with van der Waals surface area (Å²) in [4.78, 5) is 0. The summed E-state index contributed by atoms with van der Waals surface area (Å²) < 4.78 is 64.7. The number of halogens is 3. The average Bonchev–Trinajstić information content (AvgIpc) is 2.28. The van der Waals surface area contributed by atoms with Gasteiger partial charge in [0.25, 0.3) is 0 Å². The highest BCUT2D eigenvalue weighted by Gasteiger charge is 2.37. The number of hydrogen-bond donors (Lipinski definition) is 0. The molecule has 0 aliphatic rings. The van der Waals surface area contributed by atoms with Crippen molar-refractivity contribution < 1.29 is 31.3 Å². The maximum absolute atomic E-state index is 12.7. The van der Waals surface area contributed by atoms with Crippen LogP contribution in [-0.4, -0.2) is 13.2 Å². The topological polar surface area (TPSA) is 44.8 Å². The molecule has 0 N–H and O–H groups in total. The standard InChI is InChI=1S/C11H14F3O4P/c1-3-16-19(15,17-4-2)18-10-8-6-5-7-9(10)11(12,13)14/h5-8H,3-4H2,1-2H3. The fourth-order valence-corrected chi connectivity index (χ4v) is 2.52. The summed E-state index contributed by atoms with van der Waals surface area (Å²) in [7, 11) is -4.04. The molecule has 19 heavy (non-hydrogen) atoms. The van der Waals surface area contributed by atoms with Crippen LogP contribution in [0.2, 0.25) is 0 Å². The Labute approximate surface area is 109 Å². The number of rotatable bonds is 6. The first kappa shape index (κ1) is 16.0. The molecule has 0 spiro atoms. The largest absolute Gasteiger partial charge is 0.530 e. The van der Waals surface area contributed by atoms with Gasteiger partial charge in [-0.15, -0.1) is 0 Å². The van der Waals surface area contributed by atoms with Crippen molar-refractivity contribution in [2.45, 2.75) is 20.0 Å². The summed E-state index contributed by atoms with van der Waals surface area (Å²) >= 11 is 0. The van der Waals surface area contributed by atoms with Gasteiger partial charge in [0.2, 0.25) is 0 Å². The lowest BCUT2D eigenvalue weighted by Gasteiger charge is -2.19. The predicted octanol–water partition coefficient (Wildman–Crippen LogP) is 4.27. The molecule has 0 heterocycles. The van der Waals surface area contributed by atoms with Crippen LogP contribution in [0.4, 0.5) is 13.2 Å². The minimum atomic E-state index is -4.61. The van der Waals surface area contributed by atoms with Crippen LogP contribution in [0.15, 0.2) is 24.3 Å². The third-order valence-electron chi connectivity index (χ3n) is 1.98. The van der Waals surface area contributed by atoms with Gasteiger partial charge in [-0.2, -0.15) is 13.2 Å². The van der Waals surface area contributed by atoms with Gasteiger partial charge in [0.15, 0.2) is 0 Å². The van der Waals surface area contributed by atoms with Crippen LogP contribution >= 0.6 is 7.82 Å². The van der Waals surface area contributed by atoms with Crippen molar-refractivity contribution >= 4 is 7.82 Å². The van der Waals surface area contributed by atoms with E-state index in [1.807, 2.05) is 0 Å². The number of phosphoric ester groups is 1. The first-order chi connectivity index (χ1) is 8.82. The Bertz CT molecular complexity index is 451. The summed E-state index contributed by atoms with van der Waals surface area (Å²) in [6.07, 6.45) is -4.61. The summed E-state index contributed by atoms with van der Waals surface area (Å²) in [6, 6.07) is 4.44. The number of phosphoric acid groups is 1. The lowest BCUT2D eigenvalue weighted by atomic mass is 10.2. The summed E-state index contributed by atoms with van der Waals surface area (Å²) in [6.45, 7) is 3.05. The van der Waals surface area contributed by atoms with E-state index < -0.39 is 25.3 Å². The van der Waals surface area contributed by atoms with Gasteiger partial charge < -0.3 is 4.52 Å². The summed E-state index contributed by atoms with van der Waals surface area (Å²) in [5.74, 6) is -0.583. The Morgan fingerprint density at radius 3 is 2.11 bits per heavy atom. The number of benzene rings is 1. The molecule has 0 saturated heterocycles. The van der Waals surface area contributed by atoms with Crippen molar-refractivity contribution in [1.29, 1.82) is 0 Å². The number of para-hydroxylation sites is 1. The van der Waals surface area contributed by atoms with E-state index in [2.05, 4.69) is 0 Å². The van der Waals surface area contributed by atoms with Crippen LogP contribution in [-0.2, 0) is 19.8 Å². The fourth-order valence-electron chi connectivity index (χ4n) is 1.31.